The molecule has 1 aliphatic heterocycles. The maximum absolute atomic E-state index is 14.4. The molecule has 1 heterocycles. The molecule has 0 saturated carbocycles. The quantitative estimate of drug-likeness (QED) is 0.761. The monoisotopic (exact) mass is 298 g/mol. The second-order valence-electron chi connectivity index (χ2n) is 6.22. The predicted octanol–water partition coefficient (Wildman–Crippen LogP) is 5.12. The van der Waals surface area contributed by atoms with E-state index < -0.39 is 6.17 Å². The van der Waals surface area contributed by atoms with Gasteiger partial charge >= 0.3 is 0 Å². The van der Waals surface area contributed by atoms with Crippen LogP contribution >= 0.6 is 0 Å². The number of ether oxygens (including phenoxy) is 1. The van der Waals surface area contributed by atoms with Gasteiger partial charge in [-0.15, -0.1) is 0 Å². The minimum atomic E-state index is -0.792. The first-order valence-electron chi connectivity index (χ1n) is 8.12. The summed E-state index contributed by atoms with van der Waals surface area (Å²) in [7, 11) is 0. The normalized spacial score (nSPS) is 28.5. The number of benzene rings is 2. The first-order chi connectivity index (χ1) is 10.7. The van der Waals surface area contributed by atoms with E-state index in [9.17, 15) is 4.39 Å². The molecule has 0 aromatic heterocycles. The zero-order valence-electron chi connectivity index (χ0n) is 13.0. The smallest absolute Gasteiger partial charge is 0.108 e. The SMILES string of the molecule is C[C@@H]1[C@@H](F)C[C@@H](CCc2ccccc2)O[C@H]1c1ccccc1. The first-order valence-corrected chi connectivity index (χ1v) is 8.12. The Kier molecular flexibility index (Phi) is 4.89. The largest absolute Gasteiger partial charge is 0.370 e. The maximum Gasteiger partial charge on any atom is 0.108 e. The molecule has 0 unspecified atom stereocenters. The van der Waals surface area contributed by atoms with Gasteiger partial charge in [-0.05, 0) is 24.0 Å². The number of rotatable bonds is 4. The molecular weight excluding hydrogens is 275 g/mol. The fourth-order valence-corrected chi connectivity index (χ4v) is 3.23. The summed E-state index contributed by atoms with van der Waals surface area (Å²) in [5, 5.41) is 0. The Morgan fingerprint density at radius 1 is 1.00 bits per heavy atom. The van der Waals surface area contributed by atoms with Gasteiger partial charge in [-0.25, -0.2) is 4.39 Å². The third-order valence-corrected chi connectivity index (χ3v) is 4.60. The van der Waals surface area contributed by atoms with Crippen molar-refractivity contribution in [2.45, 2.75) is 44.6 Å². The molecule has 22 heavy (non-hydrogen) atoms. The van der Waals surface area contributed by atoms with Gasteiger partial charge in [0.2, 0.25) is 0 Å². The molecular formula is C20H23FO. The van der Waals surface area contributed by atoms with Crippen molar-refractivity contribution in [3.8, 4) is 0 Å². The molecule has 0 spiro atoms. The average molecular weight is 298 g/mol. The second-order valence-corrected chi connectivity index (χ2v) is 6.22. The van der Waals surface area contributed by atoms with E-state index in [0.29, 0.717) is 6.42 Å². The van der Waals surface area contributed by atoms with Crippen molar-refractivity contribution in [3.63, 3.8) is 0 Å². The number of alkyl halides is 1. The van der Waals surface area contributed by atoms with Gasteiger partial charge in [0.05, 0.1) is 12.2 Å². The Labute approximate surface area is 132 Å². The summed E-state index contributed by atoms with van der Waals surface area (Å²) in [5.41, 5.74) is 2.37. The molecule has 2 aromatic rings. The highest BCUT2D eigenvalue weighted by atomic mass is 19.1. The van der Waals surface area contributed by atoms with Gasteiger partial charge in [0.1, 0.15) is 6.17 Å². The average Bonchev–Trinajstić information content (AvgIpc) is 2.57. The van der Waals surface area contributed by atoms with Crippen LogP contribution in [0.4, 0.5) is 4.39 Å². The highest BCUT2D eigenvalue weighted by Gasteiger charge is 2.36. The lowest BCUT2D eigenvalue weighted by molar-refractivity contribution is -0.115. The lowest BCUT2D eigenvalue weighted by Crippen LogP contribution is -2.36. The Bertz CT molecular complexity index is 569. The molecule has 116 valence electrons. The molecule has 0 radical (unpaired) electrons. The molecule has 1 aliphatic rings. The number of hydrogen-bond acceptors (Lipinski definition) is 1. The topological polar surface area (TPSA) is 9.23 Å². The minimum absolute atomic E-state index is 0.00314. The number of aryl methyl sites for hydroxylation is 1. The van der Waals surface area contributed by atoms with Gasteiger partial charge in [-0.1, -0.05) is 67.6 Å². The number of halogens is 1. The molecule has 2 aromatic carbocycles. The van der Waals surface area contributed by atoms with Gasteiger partial charge in [-0.2, -0.15) is 0 Å². The Balaban J connectivity index is 1.66. The maximum atomic E-state index is 14.4. The van der Waals surface area contributed by atoms with Crippen LogP contribution in [0.15, 0.2) is 60.7 Å². The zero-order chi connectivity index (χ0) is 15.4. The van der Waals surface area contributed by atoms with E-state index in [1.54, 1.807) is 0 Å². The van der Waals surface area contributed by atoms with E-state index in [2.05, 4.69) is 12.1 Å². The van der Waals surface area contributed by atoms with E-state index in [4.69, 9.17) is 4.74 Å². The minimum Gasteiger partial charge on any atom is -0.370 e. The van der Waals surface area contributed by atoms with E-state index >= 15 is 0 Å². The lowest BCUT2D eigenvalue weighted by Gasteiger charge is -2.37. The summed E-state index contributed by atoms with van der Waals surface area (Å²) < 4.78 is 20.6. The third-order valence-electron chi connectivity index (χ3n) is 4.60. The van der Waals surface area contributed by atoms with Crippen molar-refractivity contribution < 1.29 is 9.13 Å². The van der Waals surface area contributed by atoms with Crippen molar-refractivity contribution in [2.75, 3.05) is 0 Å². The molecule has 1 fully saturated rings. The molecule has 2 heteroatoms. The molecule has 1 nitrogen and oxygen atoms in total. The fraction of sp³-hybridized carbons (Fsp3) is 0.400. The van der Waals surface area contributed by atoms with Crippen LogP contribution in [0.2, 0.25) is 0 Å². The second kappa shape index (κ2) is 7.06. The highest BCUT2D eigenvalue weighted by molar-refractivity contribution is 5.19. The molecule has 3 rings (SSSR count). The molecule has 0 N–H and O–H groups in total. The summed E-state index contributed by atoms with van der Waals surface area (Å²) >= 11 is 0. The predicted molar refractivity (Wildman–Crippen MR) is 87.5 cm³/mol. The Morgan fingerprint density at radius 2 is 1.64 bits per heavy atom. The van der Waals surface area contributed by atoms with Crippen LogP contribution in [-0.4, -0.2) is 12.3 Å². The van der Waals surface area contributed by atoms with E-state index in [1.165, 1.54) is 5.56 Å². The van der Waals surface area contributed by atoms with Crippen molar-refractivity contribution in [1.29, 1.82) is 0 Å². The molecule has 0 amide bonds. The molecule has 0 bridgehead atoms. The highest BCUT2D eigenvalue weighted by Crippen LogP contribution is 2.38. The van der Waals surface area contributed by atoms with Crippen molar-refractivity contribution in [1.82, 2.24) is 0 Å². The Morgan fingerprint density at radius 3 is 2.32 bits per heavy atom. The third kappa shape index (κ3) is 3.56. The summed E-state index contributed by atoms with van der Waals surface area (Å²) in [6, 6.07) is 20.4. The van der Waals surface area contributed by atoms with Gasteiger partial charge in [-0.3, -0.25) is 0 Å². The van der Waals surface area contributed by atoms with Gasteiger partial charge in [0, 0.05) is 12.3 Å². The van der Waals surface area contributed by atoms with Crippen molar-refractivity contribution in [3.05, 3.63) is 71.8 Å². The van der Waals surface area contributed by atoms with Gasteiger partial charge < -0.3 is 4.74 Å². The summed E-state index contributed by atoms with van der Waals surface area (Å²) in [6.45, 7) is 1.95. The summed E-state index contributed by atoms with van der Waals surface area (Å²) in [4.78, 5) is 0. The van der Waals surface area contributed by atoms with Crippen LogP contribution in [0.5, 0.6) is 0 Å². The molecule has 1 saturated heterocycles. The van der Waals surface area contributed by atoms with Crippen LogP contribution in [0.3, 0.4) is 0 Å². The standard InChI is InChI=1S/C20H23FO/c1-15-19(21)14-18(13-12-16-8-4-2-5-9-16)22-20(15)17-10-6-3-7-11-17/h2-11,15,18-20H,12-14H2,1H3/t15-,18-,19+,20-/m1/s1. The van der Waals surface area contributed by atoms with Crippen molar-refractivity contribution in [2.24, 2.45) is 5.92 Å². The van der Waals surface area contributed by atoms with Crippen molar-refractivity contribution >= 4 is 0 Å². The lowest BCUT2D eigenvalue weighted by atomic mass is 9.86. The van der Waals surface area contributed by atoms with Crippen LogP contribution in [-0.2, 0) is 11.2 Å². The number of hydrogen-bond donors (Lipinski definition) is 0. The van der Waals surface area contributed by atoms with E-state index in [-0.39, 0.29) is 18.1 Å². The van der Waals surface area contributed by atoms with E-state index in [1.807, 2.05) is 55.5 Å². The summed E-state index contributed by atoms with van der Waals surface area (Å²) in [5.74, 6) is -0.0876. The van der Waals surface area contributed by atoms with Gasteiger partial charge in [0.25, 0.3) is 0 Å². The van der Waals surface area contributed by atoms with Crippen LogP contribution in [0, 0.1) is 5.92 Å². The summed E-state index contributed by atoms with van der Waals surface area (Å²) in [6.07, 6.45) is 1.40. The van der Waals surface area contributed by atoms with Crippen LogP contribution < -0.4 is 0 Å². The molecule has 4 atom stereocenters. The zero-order valence-corrected chi connectivity index (χ0v) is 13.0. The Hall–Kier alpha value is -1.67. The van der Waals surface area contributed by atoms with Crippen LogP contribution in [0.25, 0.3) is 0 Å². The van der Waals surface area contributed by atoms with Crippen LogP contribution in [0.1, 0.15) is 37.0 Å². The fourth-order valence-electron chi connectivity index (χ4n) is 3.23. The first kappa shape index (κ1) is 15.2. The van der Waals surface area contributed by atoms with E-state index in [0.717, 1.165) is 18.4 Å². The van der Waals surface area contributed by atoms with Gasteiger partial charge in [0.15, 0.2) is 0 Å². The molecule has 0 aliphatic carbocycles.